The zero-order chi connectivity index (χ0) is 9.90. The van der Waals surface area contributed by atoms with Gasteiger partial charge in [0.15, 0.2) is 0 Å². The topological polar surface area (TPSA) is 35.8 Å². The van der Waals surface area contributed by atoms with Gasteiger partial charge in [-0.1, -0.05) is 20.8 Å². The van der Waals surface area contributed by atoms with Crippen LogP contribution in [0.1, 0.15) is 40.0 Å². The fourth-order valence-corrected chi connectivity index (χ4v) is 2.25. The van der Waals surface area contributed by atoms with E-state index < -0.39 is 0 Å². The molecule has 2 heteroatoms. The first-order valence-corrected chi connectivity index (χ1v) is 5.30. The molecule has 0 spiro atoms. The van der Waals surface area contributed by atoms with E-state index >= 15 is 0 Å². The molecule has 1 N–H and O–H groups in total. The van der Waals surface area contributed by atoms with E-state index in [0.29, 0.717) is 5.92 Å². The predicted octanol–water partition coefficient (Wildman–Crippen LogP) is 2.31. The van der Waals surface area contributed by atoms with Crippen LogP contribution in [0.4, 0.5) is 0 Å². The quantitative estimate of drug-likeness (QED) is 0.708. The van der Waals surface area contributed by atoms with Crippen molar-refractivity contribution in [1.82, 2.24) is 5.32 Å². The second-order valence-electron chi connectivity index (χ2n) is 4.42. The van der Waals surface area contributed by atoms with E-state index in [1.807, 2.05) is 0 Å². The van der Waals surface area contributed by atoms with Gasteiger partial charge in [0.1, 0.15) is 5.54 Å². The van der Waals surface area contributed by atoms with E-state index in [-0.39, 0.29) is 5.54 Å². The lowest BCUT2D eigenvalue weighted by atomic mass is 9.72. The zero-order valence-corrected chi connectivity index (χ0v) is 8.93. The molecule has 1 saturated carbocycles. The predicted molar refractivity (Wildman–Crippen MR) is 54.2 cm³/mol. The molecule has 2 nitrogen and oxygen atoms in total. The summed E-state index contributed by atoms with van der Waals surface area (Å²) in [5.41, 5.74) is -0.222. The SMILES string of the molecule is CCNC1(C#N)CCC(C)C(C)C1. The summed E-state index contributed by atoms with van der Waals surface area (Å²) >= 11 is 0. The van der Waals surface area contributed by atoms with Gasteiger partial charge in [-0.25, -0.2) is 0 Å². The Morgan fingerprint density at radius 1 is 1.46 bits per heavy atom. The first-order chi connectivity index (χ1) is 6.13. The average molecular weight is 180 g/mol. The fraction of sp³-hybridized carbons (Fsp3) is 0.909. The molecule has 0 bridgehead atoms. The van der Waals surface area contributed by atoms with Gasteiger partial charge in [0.2, 0.25) is 0 Å². The lowest BCUT2D eigenvalue weighted by Gasteiger charge is -2.38. The van der Waals surface area contributed by atoms with Gasteiger partial charge in [0, 0.05) is 0 Å². The van der Waals surface area contributed by atoms with Crippen LogP contribution in [0.25, 0.3) is 0 Å². The molecule has 1 fully saturated rings. The van der Waals surface area contributed by atoms with Crippen molar-refractivity contribution in [1.29, 1.82) is 5.26 Å². The van der Waals surface area contributed by atoms with Gasteiger partial charge in [-0.3, -0.25) is 5.32 Å². The highest BCUT2D eigenvalue weighted by Crippen LogP contribution is 2.35. The molecule has 0 saturated heterocycles. The molecule has 74 valence electrons. The average Bonchev–Trinajstić information content (AvgIpc) is 2.12. The van der Waals surface area contributed by atoms with Crippen LogP contribution in [0.5, 0.6) is 0 Å². The van der Waals surface area contributed by atoms with Crippen LogP contribution in [0.3, 0.4) is 0 Å². The van der Waals surface area contributed by atoms with Crippen molar-refractivity contribution in [3.63, 3.8) is 0 Å². The van der Waals surface area contributed by atoms with Gasteiger partial charge in [0.05, 0.1) is 6.07 Å². The Balaban J connectivity index is 2.64. The Bertz CT molecular complexity index is 207. The summed E-state index contributed by atoms with van der Waals surface area (Å²) in [4.78, 5) is 0. The van der Waals surface area contributed by atoms with Crippen LogP contribution in [-0.4, -0.2) is 12.1 Å². The minimum atomic E-state index is -0.222. The third-order valence-electron chi connectivity index (χ3n) is 3.40. The molecule has 0 amide bonds. The summed E-state index contributed by atoms with van der Waals surface area (Å²) in [6.45, 7) is 7.52. The summed E-state index contributed by atoms with van der Waals surface area (Å²) in [7, 11) is 0. The second kappa shape index (κ2) is 4.11. The zero-order valence-electron chi connectivity index (χ0n) is 8.93. The smallest absolute Gasteiger partial charge is 0.107 e. The highest BCUT2D eigenvalue weighted by Gasteiger charge is 2.36. The van der Waals surface area contributed by atoms with Gasteiger partial charge in [-0.15, -0.1) is 0 Å². The molecular weight excluding hydrogens is 160 g/mol. The molecular formula is C11H20N2. The third-order valence-corrected chi connectivity index (χ3v) is 3.40. The van der Waals surface area contributed by atoms with E-state index in [0.717, 1.165) is 25.3 Å². The standard InChI is InChI=1S/C11H20N2/c1-4-13-11(8-12)6-5-9(2)10(3)7-11/h9-10,13H,4-7H2,1-3H3. The maximum absolute atomic E-state index is 9.16. The molecule has 0 aliphatic heterocycles. The van der Waals surface area contributed by atoms with E-state index in [1.54, 1.807) is 0 Å². The number of nitriles is 1. The van der Waals surface area contributed by atoms with Gasteiger partial charge < -0.3 is 0 Å². The van der Waals surface area contributed by atoms with Crippen molar-refractivity contribution in [3.05, 3.63) is 0 Å². The van der Waals surface area contributed by atoms with Crippen LogP contribution in [0.2, 0.25) is 0 Å². The van der Waals surface area contributed by atoms with Gasteiger partial charge in [-0.05, 0) is 37.6 Å². The molecule has 13 heavy (non-hydrogen) atoms. The maximum Gasteiger partial charge on any atom is 0.107 e. The minimum Gasteiger partial charge on any atom is -0.300 e. The van der Waals surface area contributed by atoms with Crippen molar-refractivity contribution < 1.29 is 0 Å². The fourth-order valence-electron chi connectivity index (χ4n) is 2.25. The van der Waals surface area contributed by atoms with E-state index in [4.69, 9.17) is 5.26 Å². The molecule has 1 aliphatic rings. The Kier molecular flexibility index (Phi) is 3.33. The van der Waals surface area contributed by atoms with Crippen LogP contribution in [0.15, 0.2) is 0 Å². The van der Waals surface area contributed by atoms with E-state index in [9.17, 15) is 0 Å². The van der Waals surface area contributed by atoms with Crippen LogP contribution < -0.4 is 5.32 Å². The van der Waals surface area contributed by atoms with Gasteiger partial charge in [-0.2, -0.15) is 5.26 Å². The normalized spacial score (nSPS) is 39.8. The molecule has 1 aliphatic carbocycles. The molecule has 0 heterocycles. The highest BCUT2D eigenvalue weighted by atomic mass is 15.0. The molecule has 0 aromatic carbocycles. The van der Waals surface area contributed by atoms with Crippen molar-refractivity contribution in [2.24, 2.45) is 11.8 Å². The number of hydrogen-bond donors (Lipinski definition) is 1. The summed E-state index contributed by atoms with van der Waals surface area (Å²) in [5, 5.41) is 12.5. The lowest BCUT2D eigenvalue weighted by Crippen LogP contribution is -2.48. The number of hydrogen-bond acceptors (Lipinski definition) is 2. The summed E-state index contributed by atoms with van der Waals surface area (Å²) in [6, 6.07) is 2.46. The third kappa shape index (κ3) is 2.22. The Hall–Kier alpha value is -0.550. The van der Waals surface area contributed by atoms with Crippen molar-refractivity contribution in [3.8, 4) is 6.07 Å². The van der Waals surface area contributed by atoms with Gasteiger partial charge in [0.25, 0.3) is 0 Å². The van der Waals surface area contributed by atoms with Crippen molar-refractivity contribution >= 4 is 0 Å². The van der Waals surface area contributed by atoms with Crippen molar-refractivity contribution in [2.45, 2.75) is 45.6 Å². The van der Waals surface area contributed by atoms with Crippen LogP contribution >= 0.6 is 0 Å². The maximum atomic E-state index is 9.16. The number of nitrogens with zero attached hydrogens (tertiary/aromatic N) is 1. The van der Waals surface area contributed by atoms with Gasteiger partial charge >= 0.3 is 0 Å². The molecule has 0 aromatic rings. The summed E-state index contributed by atoms with van der Waals surface area (Å²) in [5.74, 6) is 1.45. The Labute approximate surface area is 81.3 Å². The Morgan fingerprint density at radius 2 is 2.15 bits per heavy atom. The minimum absolute atomic E-state index is 0.222. The van der Waals surface area contributed by atoms with E-state index in [2.05, 4.69) is 32.2 Å². The summed E-state index contributed by atoms with van der Waals surface area (Å²) < 4.78 is 0. The number of rotatable bonds is 2. The van der Waals surface area contributed by atoms with Crippen LogP contribution in [0, 0.1) is 23.2 Å². The first kappa shape index (κ1) is 10.5. The lowest BCUT2D eigenvalue weighted by molar-refractivity contribution is 0.184. The van der Waals surface area contributed by atoms with Crippen LogP contribution in [-0.2, 0) is 0 Å². The summed E-state index contributed by atoms with van der Waals surface area (Å²) in [6.07, 6.45) is 3.21. The molecule has 1 rings (SSSR count). The molecule has 0 radical (unpaired) electrons. The molecule has 3 atom stereocenters. The monoisotopic (exact) mass is 180 g/mol. The first-order valence-electron chi connectivity index (χ1n) is 5.30. The van der Waals surface area contributed by atoms with Crippen molar-refractivity contribution in [2.75, 3.05) is 6.54 Å². The largest absolute Gasteiger partial charge is 0.300 e. The highest BCUT2D eigenvalue weighted by molar-refractivity contribution is 5.09. The molecule has 0 aromatic heterocycles. The van der Waals surface area contributed by atoms with E-state index in [1.165, 1.54) is 6.42 Å². The number of nitrogens with one attached hydrogen (secondary N) is 1. The molecule has 3 unspecified atom stereocenters. The Morgan fingerprint density at radius 3 is 2.62 bits per heavy atom. The second-order valence-corrected chi connectivity index (χ2v) is 4.42.